The highest BCUT2D eigenvalue weighted by Crippen LogP contribution is 2.31. The van der Waals surface area contributed by atoms with Crippen molar-refractivity contribution in [3.05, 3.63) is 89.1 Å². The van der Waals surface area contributed by atoms with E-state index in [-0.39, 0.29) is 6.03 Å². The maximum Gasteiger partial charge on any atom is 0.323 e. The second-order valence-electron chi connectivity index (χ2n) is 6.52. The van der Waals surface area contributed by atoms with Gasteiger partial charge >= 0.3 is 6.03 Å². The van der Waals surface area contributed by atoms with Gasteiger partial charge in [0.1, 0.15) is 5.01 Å². The van der Waals surface area contributed by atoms with Crippen LogP contribution >= 0.6 is 22.9 Å². The van der Waals surface area contributed by atoms with Crippen molar-refractivity contribution in [1.82, 2.24) is 10.3 Å². The van der Waals surface area contributed by atoms with Crippen molar-refractivity contribution in [3.8, 4) is 10.6 Å². The highest BCUT2D eigenvalue weighted by atomic mass is 35.5. The van der Waals surface area contributed by atoms with Crippen molar-refractivity contribution in [2.75, 3.05) is 5.32 Å². The van der Waals surface area contributed by atoms with Gasteiger partial charge in [0.25, 0.3) is 0 Å². The zero-order chi connectivity index (χ0) is 20.2. The number of benzene rings is 3. The summed E-state index contributed by atoms with van der Waals surface area (Å²) in [5.41, 5.74) is 4.79. The molecule has 4 aromatic rings. The van der Waals surface area contributed by atoms with Gasteiger partial charge in [-0.1, -0.05) is 35.9 Å². The molecule has 2 amide bonds. The van der Waals surface area contributed by atoms with E-state index in [9.17, 15) is 4.79 Å². The predicted molar refractivity (Wildman–Crippen MR) is 122 cm³/mol. The summed E-state index contributed by atoms with van der Waals surface area (Å²) in [7, 11) is 0. The summed E-state index contributed by atoms with van der Waals surface area (Å²) in [6.07, 6.45) is 3.31. The quantitative estimate of drug-likeness (QED) is 0.386. The Morgan fingerprint density at radius 2 is 1.86 bits per heavy atom. The first-order valence-corrected chi connectivity index (χ1v) is 10.2. The molecule has 0 atom stereocenters. The average Bonchev–Trinajstić information content (AvgIpc) is 3.13. The summed E-state index contributed by atoms with van der Waals surface area (Å²) >= 11 is 7.75. The van der Waals surface area contributed by atoms with Crippen LogP contribution in [0.2, 0.25) is 5.02 Å². The number of nitrogens with zero attached hydrogens (tertiary/aromatic N) is 1. The zero-order valence-electron chi connectivity index (χ0n) is 15.6. The molecular weight excluding hydrogens is 402 g/mol. The lowest BCUT2D eigenvalue weighted by Crippen LogP contribution is -2.23. The Hall–Kier alpha value is -3.15. The van der Waals surface area contributed by atoms with E-state index in [0.717, 1.165) is 21.7 Å². The number of nitrogens with one attached hydrogen (secondary N) is 2. The van der Waals surface area contributed by atoms with E-state index in [4.69, 9.17) is 11.6 Å². The van der Waals surface area contributed by atoms with E-state index in [0.29, 0.717) is 10.7 Å². The van der Waals surface area contributed by atoms with Crippen molar-refractivity contribution in [2.24, 2.45) is 0 Å². The van der Waals surface area contributed by atoms with Gasteiger partial charge in [-0.15, -0.1) is 11.3 Å². The smallest absolute Gasteiger partial charge is 0.314 e. The van der Waals surface area contributed by atoms with Gasteiger partial charge in [-0.2, -0.15) is 0 Å². The molecule has 3 aromatic carbocycles. The molecule has 0 fully saturated rings. The van der Waals surface area contributed by atoms with Gasteiger partial charge < -0.3 is 10.6 Å². The van der Waals surface area contributed by atoms with Crippen LogP contribution in [-0.2, 0) is 0 Å². The van der Waals surface area contributed by atoms with Crippen LogP contribution in [0.15, 0.2) is 72.9 Å². The molecule has 0 radical (unpaired) electrons. The standard InChI is InChI=1S/C23H18ClN3OS/c1-15-6-11-20-21(14-15)29-22(27-20)17-7-9-18(10-8-17)26-23(28)25-13-12-16-4-2-3-5-19(16)24/h2-14H,1H3,(H2,25,26,28)/b13-12+. The number of aromatic nitrogens is 1. The van der Waals surface area contributed by atoms with Gasteiger partial charge in [-0.25, -0.2) is 9.78 Å². The normalized spacial score (nSPS) is 11.1. The van der Waals surface area contributed by atoms with Crippen molar-refractivity contribution in [3.63, 3.8) is 0 Å². The molecule has 0 bridgehead atoms. The largest absolute Gasteiger partial charge is 0.323 e. The molecule has 0 aliphatic carbocycles. The number of amides is 2. The monoisotopic (exact) mass is 419 g/mol. The van der Waals surface area contributed by atoms with Crippen molar-refractivity contribution < 1.29 is 4.79 Å². The topological polar surface area (TPSA) is 54.0 Å². The molecule has 4 nitrogen and oxygen atoms in total. The van der Waals surface area contributed by atoms with Crippen LogP contribution in [-0.4, -0.2) is 11.0 Å². The Balaban J connectivity index is 1.39. The molecule has 0 saturated heterocycles. The molecule has 2 N–H and O–H groups in total. The van der Waals surface area contributed by atoms with Crippen LogP contribution in [0.3, 0.4) is 0 Å². The summed E-state index contributed by atoms with van der Waals surface area (Å²) in [6.45, 7) is 2.08. The lowest BCUT2D eigenvalue weighted by atomic mass is 10.2. The molecule has 0 unspecified atom stereocenters. The second kappa shape index (κ2) is 8.47. The first-order chi connectivity index (χ1) is 14.1. The maximum absolute atomic E-state index is 12.1. The van der Waals surface area contributed by atoms with Crippen LogP contribution in [0.5, 0.6) is 0 Å². The molecule has 1 aromatic heterocycles. The van der Waals surface area contributed by atoms with E-state index in [2.05, 4.69) is 34.7 Å². The number of hydrogen-bond acceptors (Lipinski definition) is 3. The SMILES string of the molecule is Cc1ccc2nc(-c3ccc(NC(=O)N/C=C/c4ccccc4Cl)cc3)sc2c1. The Labute approximate surface area is 177 Å². The molecule has 6 heteroatoms. The number of halogens is 1. The molecule has 0 aliphatic heterocycles. The van der Waals surface area contributed by atoms with Gasteiger partial charge in [0.05, 0.1) is 10.2 Å². The predicted octanol–water partition coefficient (Wildman–Crippen LogP) is 6.72. The number of carbonyl (C=O) groups is 1. The maximum atomic E-state index is 12.1. The number of thiazole rings is 1. The Morgan fingerprint density at radius 1 is 1.07 bits per heavy atom. The van der Waals surface area contributed by atoms with Crippen molar-refractivity contribution in [1.29, 1.82) is 0 Å². The van der Waals surface area contributed by atoms with Gasteiger partial charge in [-0.3, -0.25) is 0 Å². The first kappa shape index (κ1) is 19.2. The third kappa shape index (κ3) is 4.65. The molecular formula is C23H18ClN3OS. The van der Waals surface area contributed by atoms with Gasteiger partial charge in [-0.05, 0) is 66.6 Å². The van der Waals surface area contributed by atoms with Crippen LogP contribution in [0, 0.1) is 6.92 Å². The third-order valence-electron chi connectivity index (χ3n) is 4.32. The van der Waals surface area contributed by atoms with E-state index in [1.165, 1.54) is 10.3 Å². The lowest BCUT2D eigenvalue weighted by Gasteiger charge is -2.05. The Bertz CT molecular complexity index is 1200. The molecule has 29 heavy (non-hydrogen) atoms. The highest BCUT2D eigenvalue weighted by Gasteiger charge is 2.07. The average molecular weight is 420 g/mol. The minimum absolute atomic E-state index is 0.323. The molecule has 0 spiro atoms. The number of carbonyl (C=O) groups excluding carboxylic acids is 1. The zero-order valence-corrected chi connectivity index (χ0v) is 17.2. The van der Waals surface area contributed by atoms with Gasteiger partial charge in [0.2, 0.25) is 0 Å². The van der Waals surface area contributed by atoms with Crippen LogP contribution in [0.1, 0.15) is 11.1 Å². The fraction of sp³-hybridized carbons (Fsp3) is 0.0435. The van der Waals surface area contributed by atoms with E-state index in [1.54, 1.807) is 29.7 Å². The second-order valence-corrected chi connectivity index (χ2v) is 7.96. The Morgan fingerprint density at radius 3 is 2.66 bits per heavy atom. The number of aryl methyl sites for hydroxylation is 1. The molecule has 0 aliphatic rings. The van der Waals surface area contributed by atoms with Crippen LogP contribution in [0.4, 0.5) is 10.5 Å². The Kier molecular flexibility index (Phi) is 5.60. The lowest BCUT2D eigenvalue weighted by molar-refractivity contribution is 0.255. The summed E-state index contributed by atoms with van der Waals surface area (Å²) in [5, 5.41) is 7.07. The molecule has 4 rings (SSSR count). The molecule has 0 saturated carbocycles. The summed E-state index contributed by atoms with van der Waals surface area (Å²) in [4.78, 5) is 16.8. The number of rotatable bonds is 4. The highest BCUT2D eigenvalue weighted by molar-refractivity contribution is 7.21. The van der Waals surface area contributed by atoms with Crippen molar-refractivity contribution >= 4 is 50.9 Å². The number of hydrogen-bond donors (Lipinski definition) is 2. The van der Waals surface area contributed by atoms with Crippen molar-refractivity contribution in [2.45, 2.75) is 6.92 Å². The molecule has 144 valence electrons. The van der Waals surface area contributed by atoms with Gasteiger partial charge in [0, 0.05) is 22.5 Å². The van der Waals surface area contributed by atoms with Crippen LogP contribution < -0.4 is 10.6 Å². The van der Waals surface area contributed by atoms with Crippen LogP contribution in [0.25, 0.3) is 26.9 Å². The fourth-order valence-corrected chi connectivity index (χ4v) is 4.10. The van der Waals surface area contributed by atoms with E-state index >= 15 is 0 Å². The summed E-state index contributed by atoms with van der Waals surface area (Å²) in [6, 6.07) is 21.0. The minimum atomic E-state index is -0.323. The first-order valence-electron chi connectivity index (χ1n) is 9.05. The van der Waals surface area contributed by atoms with Gasteiger partial charge in [0.15, 0.2) is 0 Å². The summed E-state index contributed by atoms with van der Waals surface area (Å²) < 4.78 is 1.17. The number of anilines is 1. The van der Waals surface area contributed by atoms with E-state index in [1.807, 2.05) is 48.5 Å². The number of fused-ring (bicyclic) bond motifs is 1. The third-order valence-corrected chi connectivity index (χ3v) is 5.73. The number of urea groups is 1. The van der Waals surface area contributed by atoms with E-state index < -0.39 is 0 Å². The minimum Gasteiger partial charge on any atom is -0.314 e. The fourth-order valence-electron chi connectivity index (χ4n) is 2.84. The summed E-state index contributed by atoms with van der Waals surface area (Å²) in [5.74, 6) is 0. The molecule has 1 heterocycles.